The molecule has 0 aromatic heterocycles. The van der Waals surface area contributed by atoms with E-state index in [1.807, 2.05) is 0 Å². The lowest BCUT2D eigenvalue weighted by molar-refractivity contribution is -0.135. The van der Waals surface area contributed by atoms with Gasteiger partial charge in [-0.05, 0) is 0 Å². The Kier molecular flexibility index (Phi) is 6.83. The van der Waals surface area contributed by atoms with Crippen LogP contribution in [0.25, 0.3) is 0 Å². The minimum absolute atomic E-state index is 0.876. The molecule has 12 heteroatoms. The van der Waals surface area contributed by atoms with Crippen molar-refractivity contribution in [3.63, 3.8) is 0 Å². The summed E-state index contributed by atoms with van der Waals surface area (Å²) in [6, 6.07) is 0. The van der Waals surface area contributed by atoms with Crippen molar-refractivity contribution in [3.05, 3.63) is 0 Å². The Morgan fingerprint density at radius 1 is 0.875 bits per heavy atom. The van der Waals surface area contributed by atoms with Gasteiger partial charge in [0.15, 0.2) is 0 Å². The molecule has 0 amide bonds. The smallest absolute Gasteiger partial charge is 0.316 e. The van der Waals surface area contributed by atoms with E-state index in [-0.39, 0.29) is 0 Å². The van der Waals surface area contributed by atoms with E-state index in [1.54, 1.807) is 0 Å². The van der Waals surface area contributed by atoms with E-state index in [9.17, 15) is 18.0 Å². The fourth-order valence-corrected chi connectivity index (χ4v) is 0.913. The highest BCUT2D eigenvalue weighted by Crippen LogP contribution is 1.95. The summed E-state index contributed by atoms with van der Waals surface area (Å²) in [5.41, 5.74) is 0. The van der Waals surface area contributed by atoms with Gasteiger partial charge < -0.3 is 8.37 Å². The van der Waals surface area contributed by atoms with Crippen molar-refractivity contribution in [1.29, 1.82) is 0 Å². The van der Waals surface area contributed by atoms with Crippen LogP contribution in [0, 0.1) is 0 Å². The van der Waals surface area contributed by atoms with Crippen LogP contribution in [0.3, 0.4) is 0 Å². The van der Waals surface area contributed by atoms with Gasteiger partial charge in [-0.2, -0.15) is 8.42 Å². The number of carbonyl (C=O) groups excluding carboxylic acids is 2. The van der Waals surface area contributed by atoms with Crippen LogP contribution in [0.4, 0.5) is 0 Å². The average molecular weight is 280 g/mol. The summed E-state index contributed by atoms with van der Waals surface area (Å²) in [6.07, 6.45) is 0. The molecule has 96 valence electrons. The number of carbonyl (C=O) groups is 2. The van der Waals surface area contributed by atoms with Crippen LogP contribution in [0.1, 0.15) is 13.8 Å². The molecule has 0 aliphatic rings. The molecule has 0 aromatic rings. The molecule has 0 saturated heterocycles. The largest absolute Gasteiger partial charge is 0.506 e. The van der Waals surface area contributed by atoms with Gasteiger partial charge in [0.1, 0.15) is 0 Å². The van der Waals surface area contributed by atoms with Crippen LogP contribution in [0.2, 0.25) is 0 Å². The highest BCUT2D eigenvalue weighted by molar-refractivity contribution is 7.82. The van der Waals surface area contributed by atoms with Gasteiger partial charge in [-0.1, -0.05) is 0 Å². The molecule has 0 aliphatic heterocycles. The Balaban J connectivity index is 0. The third-order valence-corrected chi connectivity index (χ3v) is 1.32. The van der Waals surface area contributed by atoms with Gasteiger partial charge in [0.2, 0.25) is 0 Å². The zero-order valence-electron chi connectivity index (χ0n) is 7.98. The van der Waals surface area contributed by atoms with Crippen molar-refractivity contribution >= 4 is 32.7 Å². The Morgan fingerprint density at radius 2 is 1.06 bits per heavy atom. The van der Waals surface area contributed by atoms with Crippen LogP contribution >= 0.6 is 0 Å². The van der Waals surface area contributed by atoms with E-state index in [2.05, 4.69) is 8.37 Å². The maximum absolute atomic E-state index is 10.4. The predicted molar refractivity (Wildman–Crippen MR) is 46.6 cm³/mol. The maximum Gasteiger partial charge on any atom is 0.506 e. The SMILES string of the molecule is CC(=O)OS(=O)(=O)OC(C)=O.O=S(=O)(O)O. The third-order valence-electron chi connectivity index (χ3n) is 0.439. The average Bonchev–Trinajstić information content (AvgIpc) is 1.72. The summed E-state index contributed by atoms with van der Waals surface area (Å²) in [7, 11) is -9.15. The molecule has 0 aromatic carbocycles. The summed E-state index contributed by atoms with van der Waals surface area (Å²) in [4.78, 5) is 20.1. The fraction of sp³-hybridized carbons (Fsp3) is 0.500. The van der Waals surface area contributed by atoms with Gasteiger partial charge in [-0.15, -0.1) is 8.42 Å². The first-order valence-corrected chi connectivity index (χ1v) is 5.91. The summed E-state index contributed by atoms with van der Waals surface area (Å²) >= 11 is 0. The molecule has 0 fully saturated rings. The number of hydrogen-bond donors (Lipinski definition) is 2. The van der Waals surface area contributed by atoms with Gasteiger partial charge in [-0.3, -0.25) is 18.7 Å². The van der Waals surface area contributed by atoms with E-state index in [4.69, 9.17) is 17.5 Å². The fourth-order valence-electron chi connectivity index (χ4n) is 0.304. The molecule has 0 aliphatic carbocycles. The van der Waals surface area contributed by atoms with Gasteiger partial charge in [0.25, 0.3) is 0 Å². The van der Waals surface area contributed by atoms with Crippen molar-refractivity contribution in [2.24, 2.45) is 0 Å². The molecule has 0 rings (SSSR count). The van der Waals surface area contributed by atoms with E-state index in [0.717, 1.165) is 13.8 Å². The minimum Gasteiger partial charge on any atom is -0.316 e. The molecule has 10 nitrogen and oxygen atoms in total. The Bertz CT molecular complexity index is 411. The van der Waals surface area contributed by atoms with Gasteiger partial charge in [-0.25, -0.2) is 0 Å². The van der Waals surface area contributed by atoms with Crippen LogP contribution in [-0.2, 0) is 38.8 Å². The first-order valence-electron chi connectivity index (χ1n) is 3.18. The van der Waals surface area contributed by atoms with Crippen LogP contribution in [0.15, 0.2) is 0 Å². The lowest BCUT2D eigenvalue weighted by Gasteiger charge is -1.99. The second kappa shape index (κ2) is 6.37. The van der Waals surface area contributed by atoms with E-state index < -0.39 is 32.7 Å². The molecule has 16 heavy (non-hydrogen) atoms. The van der Waals surface area contributed by atoms with E-state index in [1.165, 1.54) is 0 Å². The van der Waals surface area contributed by atoms with Crippen molar-refractivity contribution in [3.8, 4) is 0 Å². The van der Waals surface area contributed by atoms with Gasteiger partial charge in [0, 0.05) is 13.8 Å². The second-order valence-corrected chi connectivity index (χ2v) is 4.05. The summed E-state index contributed by atoms with van der Waals surface area (Å²) in [5, 5.41) is 0. The monoisotopic (exact) mass is 280 g/mol. The Labute approximate surface area is 91.1 Å². The highest BCUT2D eigenvalue weighted by Gasteiger charge is 2.17. The quantitative estimate of drug-likeness (QED) is 0.581. The lowest BCUT2D eigenvalue weighted by Crippen LogP contribution is -2.15. The Hall–Kier alpha value is -1.24. The Morgan fingerprint density at radius 3 is 1.19 bits per heavy atom. The zero-order valence-corrected chi connectivity index (χ0v) is 9.61. The number of rotatable bonds is 2. The lowest BCUT2D eigenvalue weighted by atomic mass is 10.9. The molecule has 0 bridgehead atoms. The zero-order chi connectivity index (χ0) is 13.6. The second-order valence-electron chi connectivity index (χ2n) is 2.01. The van der Waals surface area contributed by atoms with Crippen LogP contribution in [-0.4, -0.2) is 37.9 Å². The minimum atomic E-state index is -4.67. The third kappa shape index (κ3) is 23.0. The van der Waals surface area contributed by atoms with Crippen LogP contribution < -0.4 is 0 Å². The molecule has 0 heterocycles. The molecule has 0 radical (unpaired) electrons. The van der Waals surface area contributed by atoms with E-state index >= 15 is 0 Å². The van der Waals surface area contributed by atoms with E-state index in [0.29, 0.717) is 0 Å². The van der Waals surface area contributed by atoms with Crippen LogP contribution in [0.5, 0.6) is 0 Å². The molecular weight excluding hydrogens is 272 g/mol. The predicted octanol–water partition coefficient (Wildman–Crippen LogP) is -1.30. The number of hydrogen-bond acceptors (Lipinski definition) is 8. The molecule has 0 spiro atoms. The first-order chi connectivity index (χ1) is 6.83. The van der Waals surface area contributed by atoms with Gasteiger partial charge >= 0.3 is 32.7 Å². The molecule has 2 N–H and O–H groups in total. The topological polar surface area (TPSA) is 161 Å². The van der Waals surface area contributed by atoms with Crippen molar-refractivity contribution in [2.45, 2.75) is 13.8 Å². The molecule has 0 unspecified atom stereocenters. The van der Waals surface area contributed by atoms with Gasteiger partial charge in [0.05, 0.1) is 0 Å². The molecular formula is C4H8O10S2. The van der Waals surface area contributed by atoms with Crippen molar-refractivity contribution in [2.75, 3.05) is 0 Å². The van der Waals surface area contributed by atoms with Crippen molar-refractivity contribution in [1.82, 2.24) is 0 Å². The maximum atomic E-state index is 10.4. The van der Waals surface area contributed by atoms with Crippen molar-refractivity contribution < 1.29 is 43.9 Å². The normalized spacial score (nSPS) is 10.8. The summed E-state index contributed by atoms with van der Waals surface area (Å²) in [5.74, 6) is -2.13. The highest BCUT2D eigenvalue weighted by atomic mass is 32.3. The summed E-state index contributed by atoms with van der Waals surface area (Å²) < 4.78 is 59.6. The molecule has 0 atom stereocenters. The standard InChI is InChI=1S/C4H6O6S.H2O4S/c1-3(5)9-11(7,8)10-4(2)6;1-5(2,3)4/h1-2H3;(H2,1,2,3,4). The summed E-state index contributed by atoms with van der Waals surface area (Å²) in [6.45, 7) is 1.75. The first kappa shape index (κ1) is 17.2. The molecule has 0 saturated carbocycles.